The van der Waals surface area contributed by atoms with Gasteiger partial charge < -0.3 is 14.8 Å². The van der Waals surface area contributed by atoms with Crippen molar-refractivity contribution in [3.05, 3.63) is 57.9 Å². The van der Waals surface area contributed by atoms with Crippen LogP contribution in [0.1, 0.15) is 15.2 Å². The highest BCUT2D eigenvalue weighted by atomic mass is 35.5. The topological polar surface area (TPSA) is 89.0 Å². The maximum absolute atomic E-state index is 12.3. The van der Waals surface area contributed by atoms with Crippen LogP contribution in [0.2, 0.25) is 5.02 Å². The lowest BCUT2D eigenvalue weighted by atomic mass is 10.2. The van der Waals surface area contributed by atoms with Crippen LogP contribution >= 0.6 is 22.9 Å². The first kappa shape index (κ1) is 20.6. The quantitative estimate of drug-likeness (QED) is 0.443. The summed E-state index contributed by atoms with van der Waals surface area (Å²) in [7, 11) is 3.08. The minimum atomic E-state index is -0.465. The molecule has 0 saturated heterocycles. The summed E-state index contributed by atoms with van der Waals surface area (Å²) >= 11 is 7.55. The molecule has 0 fully saturated rings. The fourth-order valence-corrected chi connectivity index (χ4v) is 3.99. The number of nitrogens with one attached hydrogen (secondary N) is 2. The van der Waals surface area contributed by atoms with Crippen LogP contribution in [0.25, 0.3) is 10.1 Å². The van der Waals surface area contributed by atoms with Crippen LogP contribution in [-0.4, -0.2) is 38.8 Å². The Morgan fingerprint density at radius 3 is 2.62 bits per heavy atom. The molecular formula is C20H18ClN3O4S. The molecule has 0 aliphatic carbocycles. The smallest absolute Gasteiger partial charge is 0.263 e. The van der Waals surface area contributed by atoms with Gasteiger partial charge >= 0.3 is 0 Å². The first-order valence-corrected chi connectivity index (χ1v) is 9.72. The molecule has 2 N–H and O–H groups in total. The lowest BCUT2D eigenvalue weighted by Crippen LogP contribution is -2.34. The Bertz CT molecular complexity index is 1080. The zero-order valence-electron chi connectivity index (χ0n) is 15.7. The Kier molecular flexibility index (Phi) is 6.69. The zero-order valence-corrected chi connectivity index (χ0v) is 17.3. The molecule has 7 nitrogen and oxygen atoms in total. The number of methoxy groups -OCH3 is 2. The van der Waals surface area contributed by atoms with Crippen LogP contribution in [0.5, 0.6) is 11.5 Å². The number of hydrogen-bond donors (Lipinski definition) is 2. The number of carbonyl (C=O) groups excluding carboxylic acids is 2. The normalized spacial score (nSPS) is 10.9. The van der Waals surface area contributed by atoms with Crippen molar-refractivity contribution in [3.8, 4) is 11.5 Å². The highest BCUT2D eigenvalue weighted by Gasteiger charge is 2.17. The second kappa shape index (κ2) is 9.40. The number of nitrogens with zero attached hydrogens (tertiary/aromatic N) is 1. The monoisotopic (exact) mass is 431 g/mol. The fraction of sp³-hybridized carbons (Fsp3) is 0.150. The van der Waals surface area contributed by atoms with Gasteiger partial charge in [-0.05, 0) is 29.8 Å². The zero-order chi connectivity index (χ0) is 20.8. The molecule has 150 valence electrons. The molecule has 3 rings (SSSR count). The number of thiophene rings is 1. The molecule has 0 spiro atoms. The Hall–Kier alpha value is -3.10. The molecule has 9 heteroatoms. The third kappa shape index (κ3) is 4.85. The van der Waals surface area contributed by atoms with Crippen molar-refractivity contribution < 1.29 is 19.1 Å². The minimum Gasteiger partial charge on any atom is -0.493 e. The van der Waals surface area contributed by atoms with Crippen LogP contribution in [0.15, 0.2) is 47.6 Å². The largest absolute Gasteiger partial charge is 0.493 e. The van der Waals surface area contributed by atoms with Crippen molar-refractivity contribution in [2.75, 3.05) is 20.8 Å². The average molecular weight is 432 g/mol. The first-order valence-electron chi connectivity index (χ1n) is 8.52. The predicted octanol–water partition coefficient (Wildman–Crippen LogP) is 3.45. The van der Waals surface area contributed by atoms with E-state index in [2.05, 4.69) is 15.8 Å². The standard InChI is InChI=1S/C20H18ClN3O4S/c1-27-14-8-7-12(9-15(14)28-2)10-23-24-17(25)11-22-20(26)19-18(21)13-5-3-4-6-16(13)29-19/h3-10H,11H2,1-2H3,(H,22,26)(H,24,25)/b23-10-. The molecule has 1 aromatic heterocycles. The lowest BCUT2D eigenvalue weighted by molar-refractivity contribution is -0.120. The minimum absolute atomic E-state index is 0.229. The SMILES string of the molecule is COc1ccc(/C=N\NC(=O)CNC(=O)c2sc3ccccc3c2Cl)cc1OC. The molecule has 2 amide bonds. The first-order chi connectivity index (χ1) is 14.0. The fourth-order valence-electron chi connectivity index (χ4n) is 2.55. The molecule has 0 aliphatic heterocycles. The van der Waals surface area contributed by atoms with Gasteiger partial charge in [-0.15, -0.1) is 11.3 Å². The summed E-state index contributed by atoms with van der Waals surface area (Å²) in [5, 5.41) is 7.62. The van der Waals surface area contributed by atoms with Gasteiger partial charge in [0, 0.05) is 10.1 Å². The second-order valence-corrected chi connectivity index (χ2v) is 7.26. The van der Waals surface area contributed by atoms with Crippen molar-refractivity contribution in [1.82, 2.24) is 10.7 Å². The number of benzene rings is 2. The maximum Gasteiger partial charge on any atom is 0.263 e. The van der Waals surface area contributed by atoms with Crippen molar-refractivity contribution in [3.63, 3.8) is 0 Å². The molecule has 1 heterocycles. The molecule has 0 saturated carbocycles. The van der Waals surface area contributed by atoms with Gasteiger partial charge in [-0.25, -0.2) is 5.43 Å². The molecule has 0 unspecified atom stereocenters. The molecule has 3 aromatic rings. The number of ether oxygens (including phenoxy) is 2. The highest BCUT2D eigenvalue weighted by molar-refractivity contribution is 7.21. The van der Waals surface area contributed by atoms with E-state index in [9.17, 15) is 9.59 Å². The van der Waals surface area contributed by atoms with E-state index in [0.717, 1.165) is 10.1 Å². The number of halogens is 1. The summed E-state index contributed by atoms with van der Waals surface area (Å²) in [5.41, 5.74) is 3.07. The Balaban J connectivity index is 1.55. The summed E-state index contributed by atoms with van der Waals surface area (Å²) in [5.74, 6) is 0.272. The van der Waals surface area contributed by atoms with Crippen LogP contribution < -0.4 is 20.2 Å². The Labute approximate surface area is 176 Å². The molecule has 0 bridgehead atoms. The van der Waals surface area contributed by atoms with E-state index < -0.39 is 11.8 Å². The molecule has 0 atom stereocenters. The van der Waals surface area contributed by atoms with E-state index in [-0.39, 0.29) is 6.54 Å². The number of rotatable bonds is 7. The van der Waals surface area contributed by atoms with Crippen LogP contribution in [0.4, 0.5) is 0 Å². The Morgan fingerprint density at radius 2 is 1.90 bits per heavy atom. The van der Waals surface area contributed by atoms with Gasteiger partial charge in [0.25, 0.3) is 11.8 Å². The van der Waals surface area contributed by atoms with E-state index in [1.807, 2.05) is 24.3 Å². The lowest BCUT2D eigenvalue weighted by Gasteiger charge is -2.07. The summed E-state index contributed by atoms with van der Waals surface area (Å²) in [6.07, 6.45) is 1.46. The number of hydrogen-bond acceptors (Lipinski definition) is 6. The van der Waals surface area contributed by atoms with Gasteiger partial charge in [-0.3, -0.25) is 9.59 Å². The summed E-state index contributed by atoms with van der Waals surface area (Å²) < 4.78 is 11.3. The van der Waals surface area contributed by atoms with E-state index in [4.69, 9.17) is 21.1 Å². The summed E-state index contributed by atoms with van der Waals surface area (Å²) in [6, 6.07) is 12.7. The van der Waals surface area contributed by atoms with Gasteiger partial charge in [0.2, 0.25) is 0 Å². The van der Waals surface area contributed by atoms with E-state index in [1.54, 1.807) is 25.3 Å². The molecular weight excluding hydrogens is 414 g/mol. The van der Waals surface area contributed by atoms with Crippen LogP contribution in [-0.2, 0) is 4.79 Å². The van der Waals surface area contributed by atoms with E-state index in [0.29, 0.717) is 27.0 Å². The van der Waals surface area contributed by atoms with Crippen LogP contribution in [0.3, 0.4) is 0 Å². The van der Waals surface area contributed by atoms with Gasteiger partial charge in [0.05, 0.1) is 32.0 Å². The third-order valence-electron chi connectivity index (χ3n) is 3.96. The number of carbonyl (C=O) groups is 2. The van der Waals surface area contributed by atoms with E-state index in [1.165, 1.54) is 24.7 Å². The van der Waals surface area contributed by atoms with Crippen molar-refractivity contribution >= 4 is 51.1 Å². The number of fused-ring (bicyclic) bond motifs is 1. The van der Waals surface area contributed by atoms with Gasteiger partial charge in [0.1, 0.15) is 4.88 Å². The number of amides is 2. The predicted molar refractivity (Wildman–Crippen MR) is 114 cm³/mol. The van der Waals surface area contributed by atoms with Gasteiger partial charge in [-0.2, -0.15) is 5.10 Å². The maximum atomic E-state index is 12.3. The molecule has 29 heavy (non-hydrogen) atoms. The summed E-state index contributed by atoms with van der Waals surface area (Å²) in [4.78, 5) is 24.6. The molecule has 0 aliphatic rings. The Morgan fingerprint density at radius 1 is 1.14 bits per heavy atom. The van der Waals surface area contributed by atoms with Gasteiger partial charge in [-0.1, -0.05) is 29.8 Å². The summed E-state index contributed by atoms with van der Waals surface area (Å²) in [6.45, 7) is -0.229. The van der Waals surface area contributed by atoms with Crippen molar-refractivity contribution in [2.24, 2.45) is 5.10 Å². The second-order valence-electron chi connectivity index (χ2n) is 5.83. The number of hydrazone groups is 1. The third-order valence-corrected chi connectivity index (χ3v) is 5.64. The van der Waals surface area contributed by atoms with Crippen LogP contribution in [0, 0.1) is 0 Å². The van der Waals surface area contributed by atoms with Crippen molar-refractivity contribution in [1.29, 1.82) is 0 Å². The molecule has 0 radical (unpaired) electrons. The highest BCUT2D eigenvalue weighted by Crippen LogP contribution is 2.34. The van der Waals surface area contributed by atoms with Crippen molar-refractivity contribution in [2.45, 2.75) is 0 Å². The molecule has 2 aromatic carbocycles. The average Bonchev–Trinajstić information content (AvgIpc) is 3.08. The van der Waals surface area contributed by atoms with Gasteiger partial charge in [0.15, 0.2) is 11.5 Å². The van der Waals surface area contributed by atoms with E-state index >= 15 is 0 Å².